The van der Waals surface area contributed by atoms with Gasteiger partial charge in [0.05, 0.1) is 11.1 Å². The zero-order valence-electron chi connectivity index (χ0n) is 18.3. The number of fused-ring (bicyclic) bond motifs is 1. The first-order chi connectivity index (χ1) is 13.8. The number of hydrogen-bond acceptors (Lipinski definition) is 2. The molecular weight excluding hydrogens is 376 g/mol. The molecule has 4 nitrogen and oxygen atoms in total. The number of benzene rings is 3. The molecule has 0 spiro atoms. The molecule has 30 heavy (non-hydrogen) atoms. The van der Waals surface area contributed by atoms with Crippen LogP contribution < -0.4 is 0 Å². The molecule has 0 saturated heterocycles. The second-order valence-corrected chi connectivity index (χ2v) is 9.80. The maximum absolute atomic E-state index is 12.2. The number of carbonyl (C=O) groups is 2. The fourth-order valence-electron chi connectivity index (χ4n) is 3.69. The predicted molar refractivity (Wildman–Crippen MR) is 121 cm³/mol. The lowest BCUT2D eigenvalue weighted by Crippen LogP contribution is -2.13. The summed E-state index contributed by atoms with van der Waals surface area (Å²) in [4.78, 5) is 24.1. The SMILES string of the molecule is CC(C)(C)c1ccc(-c2c(C(=O)O)c(C(=O)O)cc3ccc(C(C)(C)C)cc23)cc1. The molecule has 0 radical (unpaired) electrons. The molecule has 0 aliphatic carbocycles. The third kappa shape index (κ3) is 3.95. The number of hydrogen-bond donors (Lipinski definition) is 2. The van der Waals surface area contributed by atoms with Gasteiger partial charge in [0.1, 0.15) is 0 Å². The van der Waals surface area contributed by atoms with Crippen molar-refractivity contribution in [2.45, 2.75) is 52.4 Å². The Kier molecular flexibility index (Phi) is 5.23. The van der Waals surface area contributed by atoms with Crippen LogP contribution in [0.2, 0.25) is 0 Å². The molecule has 4 heteroatoms. The summed E-state index contributed by atoms with van der Waals surface area (Å²) in [5.41, 5.74) is 2.77. The van der Waals surface area contributed by atoms with Crippen molar-refractivity contribution in [3.05, 3.63) is 70.8 Å². The summed E-state index contributed by atoms with van der Waals surface area (Å²) >= 11 is 0. The normalized spacial score (nSPS) is 12.2. The highest BCUT2D eigenvalue weighted by Crippen LogP contribution is 2.38. The average molecular weight is 405 g/mol. The van der Waals surface area contributed by atoms with E-state index in [0.717, 1.165) is 16.5 Å². The van der Waals surface area contributed by atoms with Crippen molar-refractivity contribution in [2.24, 2.45) is 0 Å². The molecule has 0 fully saturated rings. The Bertz CT molecular complexity index is 1140. The Morgan fingerprint density at radius 2 is 1.23 bits per heavy atom. The van der Waals surface area contributed by atoms with Gasteiger partial charge in [-0.05, 0) is 50.4 Å². The van der Waals surface area contributed by atoms with Crippen molar-refractivity contribution >= 4 is 22.7 Å². The van der Waals surface area contributed by atoms with E-state index in [-0.39, 0.29) is 22.0 Å². The maximum atomic E-state index is 12.2. The molecule has 0 aliphatic heterocycles. The van der Waals surface area contributed by atoms with E-state index in [2.05, 4.69) is 41.5 Å². The maximum Gasteiger partial charge on any atom is 0.337 e. The van der Waals surface area contributed by atoms with Gasteiger partial charge in [-0.25, -0.2) is 9.59 Å². The Morgan fingerprint density at radius 3 is 1.70 bits per heavy atom. The minimum absolute atomic E-state index is 0.0431. The van der Waals surface area contributed by atoms with Gasteiger partial charge in [-0.3, -0.25) is 0 Å². The van der Waals surface area contributed by atoms with Crippen molar-refractivity contribution < 1.29 is 19.8 Å². The summed E-state index contributed by atoms with van der Waals surface area (Å²) in [6.07, 6.45) is 0. The van der Waals surface area contributed by atoms with Crippen LogP contribution >= 0.6 is 0 Å². The van der Waals surface area contributed by atoms with Crippen molar-refractivity contribution in [2.75, 3.05) is 0 Å². The number of aromatic carboxylic acids is 2. The summed E-state index contributed by atoms with van der Waals surface area (Å²) < 4.78 is 0. The third-order valence-electron chi connectivity index (χ3n) is 5.49. The van der Waals surface area contributed by atoms with Crippen LogP contribution in [0.3, 0.4) is 0 Å². The lowest BCUT2D eigenvalue weighted by atomic mass is 9.82. The highest BCUT2D eigenvalue weighted by molar-refractivity contribution is 6.14. The van der Waals surface area contributed by atoms with E-state index in [0.29, 0.717) is 16.5 Å². The van der Waals surface area contributed by atoms with Crippen LogP contribution in [0, 0.1) is 0 Å². The van der Waals surface area contributed by atoms with Crippen LogP contribution in [0.15, 0.2) is 48.5 Å². The van der Waals surface area contributed by atoms with Gasteiger partial charge in [0.2, 0.25) is 0 Å². The summed E-state index contributed by atoms with van der Waals surface area (Å²) in [5.74, 6) is -2.49. The van der Waals surface area contributed by atoms with Gasteiger partial charge in [0.25, 0.3) is 0 Å². The van der Waals surface area contributed by atoms with Gasteiger partial charge in [-0.15, -0.1) is 0 Å². The van der Waals surface area contributed by atoms with E-state index in [1.54, 1.807) is 0 Å². The quantitative estimate of drug-likeness (QED) is 0.522. The molecule has 156 valence electrons. The van der Waals surface area contributed by atoms with Gasteiger partial charge < -0.3 is 10.2 Å². The Balaban J connectivity index is 2.44. The smallest absolute Gasteiger partial charge is 0.337 e. The largest absolute Gasteiger partial charge is 0.478 e. The van der Waals surface area contributed by atoms with Gasteiger partial charge in [-0.2, -0.15) is 0 Å². The van der Waals surface area contributed by atoms with E-state index >= 15 is 0 Å². The molecule has 0 atom stereocenters. The Hall–Kier alpha value is -3.14. The van der Waals surface area contributed by atoms with Crippen LogP contribution in [-0.4, -0.2) is 22.2 Å². The van der Waals surface area contributed by atoms with Crippen LogP contribution in [0.4, 0.5) is 0 Å². The fraction of sp³-hybridized carbons (Fsp3) is 0.308. The molecule has 3 rings (SSSR count). The molecule has 0 aromatic heterocycles. The van der Waals surface area contributed by atoms with Crippen molar-refractivity contribution in [1.82, 2.24) is 0 Å². The van der Waals surface area contributed by atoms with E-state index < -0.39 is 11.9 Å². The molecular formula is C26H28O4. The van der Waals surface area contributed by atoms with E-state index in [4.69, 9.17) is 0 Å². The Morgan fingerprint density at radius 1 is 0.700 bits per heavy atom. The van der Waals surface area contributed by atoms with Crippen LogP contribution in [0.5, 0.6) is 0 Å². The van der Waals surface area contributed by atoms with Crippen molar-refractivity contribution in [1.29, 1.82) is 0 Å². The van der Waals surface area contributed by atoms with Crippen molar-refractivity contribution in [3.8, 4) is 11.1 Å². The molecule has 0 heterocycles. The van der Waals surface area contributed by atoms with Gasteiger partial charge >= 0.3 is 11.9 Å². The predicted octanol–water partition coefficient (Wildman–Crippen LogP) is 6.50. The fourth-order valence-corrected chi connectivity index (χ4v) is 3.69. The Labute approximate surface area is 177 Å². The van der Waals surface area contributed by atoms with Gasteiger partial charge in [-0.1, -0.05) is 77.9 Å². The molecule has 2 N–H and O–H groups in total. The third-order valence-corrected chi connectivity index (χ3v) is 5.49. The van der Waals surface area contributed by atoms with Gasteiger partial charge in [0, 0.05) is 5.56 Å². The molecule has 0 unspecified atom stereocenters. The lowest BCUT2D eigenvalue weighted by Gasteiger charge is -2.22. The van der Waals surface area contributed by atoms with E-state index in [1.165, 1.54) is 6.07 Å². The van der Waals surface area contributed by atoms with E-state index in [9.17, 15) is 19.8 Å². The first kappa shape index (κ1) is 21.6. The summed E-state index contributed by atoms with van der Waals surface area (Å²) in [6, 6.07) is 15.0. The minimum Gasteiger partial charge on any atom is -0.478 e. The first-order valence-corrected chi connectivity index (χ1v) is 9.99. The number of carboxylic acid groups (broad SMARTS) is 2. The van der Waals surface area contributed by atoms with Crippen LogP contribution in [0.1, 0.15) is 73.4 Å². The van der Waals surface area contributed by atoms with Crippen LogP contribution in [-0.2, 0) is 10.8 Å². The highest BCUT2D eigenvalue weighted by Gasteiger charge is 2.25. The van der Waals surface area contributed by atoms with Crippen molar-refractivity contribution in [3.63, 3.8) is 0 Å². The molecule has 3 aromatic rings. The molecule has 3 aromatic carbocycles. The first-order valence-electron chi connectivity index (χ1n) is 9.99. The topological polar surface area (TPSA) is 74.6 Å². The second-order valence-electron chi connectivity index (χ2n) is 9.80. The number of carboxylic acids is 2. The van der Waals surface area contributed by atoms with E-state index in [1.807, 2.05) is 42.5 Å². The summed E-state index contributed by atoms with van der Waals surface area (Å²) in [7, 11) is 0. The monoisotopic (exact) mass is 404 g/mol. The minimum atomic E-state index is -1.25. The zero-order valence-corrected chi connectivity index (χ0v) is 18.3. The standard InChI is InChI=1S/C26H28O4/c1-25(2,3)17-10-7-15(8-11-17)21-19-14-18(26(4,5)6)12-9-16(19)13-20(23(27)28)22(21)24(29)30/h7-14H,1-6H3,(H,27,28)(H,29,30). The molecule has 0 bridgehead atoms. The number of rotatable bonds is 3. The highest BCUT2D eigenvalue weighted by atomic mass is 16.4. The molecule has 0 amide bonds. The summed E-state index contributed by atoms with van der Waals surface area (Å²) in [6.45, 7) is 12.6. The lowest BCUT2D eigenvalue weighted by molar-refractivity contribution is 0.0652. The molecule has 0 saturated carbocycles. The zero-order chi connectivity index (χ0) is 22.4. The molecule has 0 aliphatic rings. The average Bonchev–Trinajstić information content (AvgIpc) is 2.64. The summed E-state index contributed by atoms with van der Waals surface area (Å²) in [5, 5.41) is 21.1. The van der Waals surface area contributed by atoms with Gasteiger partial charge in [0.15, 0.2) is 0 Å². The van der Waals surface area contributed by atoms with Crippen LogP contribution in [0.25, 0.3) is 21.9 Å². The second kappa shape index (κ2) is 7.28.